The highest BCUT2D eigenvalue weighted by Gasteiger charge is 2.33. The normalized spacial score (nSPS) is 18.9. The van der Waals surface area contributed by atoms with Crippen LogP contribution in [-0.4, -0.2) is 51.6 Å². The van der Waals surface area contributed by atoms with E-state index in [-0.39, 0.29) is 35.1 Å². The van der Waals surface area contributed by atoms with Crippen LogP contribution in [0, 0.1) is 5.92 Å². The quantitative estimate of drug-likeness (QED) is 0.360. The molecular formula is C25H27F2N7O4. The molecule has 3 aromatic rings. The molecule has 13 heteroatoms. The van der Waals surface area contributed by atoms with Crippen LogP contribution < -0.4 is 21.1 Å². The van der Waals surface area contributed by atoms with Gasteiger partial charge in [-0.05, 0) is 38.2 Å². The number of nitrogens with two attached hydrogens (primary N) is 1. The van der Waals surface area contributed by atoms with Crippen molar-refractivity contribution in [2.75, 3.05) is 17.7 Å². The van der Waals surface area contributed by atoms with Gasteiger partial charge in [0, 0.05) is 29.3 Å². The SMILES string of the molecule is COc1c(Nc2cc(NC(=O)C3CC3)nnc2C(N)=O)cccc1-c1cnn(C2CCC[C@H]2OC(F)F)c1. The van der Waals surface area contributed by atoms with Crippen molar-refractivity contribution in [2.24, 2.45) is 11.7 Å². The molecule has 0 radical (unpaired) electrons. The highest BCUT2D eigenvalue weighted by atomic mass is 19.3. The molecule has 2 fully saturated rings. The van der Waals surface area contributed by atoms with E-state index >= 15 is 0 Å². The number of hydrogen-bond donors (Lipinski definition) is 3. The maximum atomic E-state index is 12.8. The smallest absolute Gasteiger partial charge is 0.345 e. The molecule has 2 heterocycles. The number of methoxy groups -OCH3 is 1. The van der Waals surface area contributed by atoms with Gasteiger partial charge >= 0.3 is 6.61 Å². The first-order valence-corrected chi connectivity index (χ1v) is 12.2. The molecule has 0 spiro atoms. The second-order valence-electron chi connectivity index (χ2n) is 9.27. The van der Waals surface area contributed by atoms with Gasteiger partial charge in [0.1, 0.15) is 5.75 Å². The summed E-state index contributed by atoms with van der Waals surface area (Å²) in [5.74, 6) is -0.369. The van der Waals surface area contributed by atoms with Gasteiger partial charge in [-0.2, -0.15) is 13.9 Å². The number of para-hydroxylation sites is 1. The van der Waals surface area contributed by atoms with Crippen molar-refractivity contribution in [2.45, 2.75) is 50.9 Å². The summed E-state index contributed by atoms with van der Waals surface area (Å²) in [6, 6.07) is 6.54. The molecular weight excluding hydrogens is 500 g/mol. The summed E-state index contributed by atoms with van der Waals surface area (Å²) in [7, 11) is 1.50. The monoisotopic (exact) mass is 527 g/mol. The largest absolute Gasteiger partial charge is 0.494 e. The lowest BCUT2D eigenvalue weighted by Gasteiger charge is -2.20. The van der Waals surface area contributed by atoms with Gasteiger partial charge in [-0.3, -0.25) is 14.3 Å². The van der Waals surface area contributed by atoms with E-state index in [0.717, 1.165) is 19.3 Å². The van der Waals surface area contributed by atoms with Gasteiger partial charge in [0.2, 0.25) is 5.91 Å². The number of ether oxygens (including phenoxy) is 2. The minimum atomic E-state index is -2.84. The van der Waals surface area contributed by atoms with Gasteiger partial charge in [-0.1, -0.05) is 12.1 Å². The molecule has 2 aliphatic rings. The number of benzene rings is 1. The molecule has 4 N–H and O–H groups in total. The summed E-state index contributed by atoms with van der Waals surface area (Å²) in [5.41, 5.74) is 7.51. The van der Waals surface area contributed by atoms with Crippen molar-refractivity contribution >= 4 is 29.0 Å². The van der Waals surface area contributed by atoms with Gasteiger partial charge in [-0.15, -0.1) is 10.2 Å². The fourth-order valence-corrected chi connectivity index (χ4v) is 4.69. The lowest BCUT2D eigenvalue weighted by Crippen LogP contribution is -2.24. The molecule has 1 unspecified atom stereocenters. The third kappa shape index (κ3) is 5.42. The van der Waals surface area contributed by atoms with Crippen molar-refractivity contribution < 1.29 is 27.8 Å². The maximum absolute atomic E-state index is 12.8. The van der Waals surface area contributed by atoms with Crippen LogP contribution >= 0.6 is 0 Å². The van der Waals surface area contributed by atoms with Crippen molar-refractivity contribution in [1.82, 2.24) is 20.0 Å². The summed E-state index contributed by atoms with van der Waals surface area (Å²) >= 11 is 0. The zero-order chi connectivity index (χ0) is 26.8. The molecule has 2 saturated carbocycles. The van der Waals surface area contributed by atoms with Gasteiger partial charge in [0.05, 0.1) is 36.8 Å². The molecule has 38 heavy (non-hydrogen) atoms. The van der Waals surface area contributed by atoms with Crippen molar-refractivity contribution in [1.29, 1.82) is 0 Å². The second kappa shape index (κ2) is 10.7. The number of rotatable bonds is 10. The Hall–Kier alpha value is -4.13. The molecule has 0 aliphatic heterocycles. The van der Waals surface area contributed by atoms with E-state index in [9.17, 15) is 18.4 Å². The molecule has 2 amide bonds. The Kier molecular flexibility index (Phi) is 7.18. The summed E-state index contributed by atoms with van der Waals surface area (Å²) < 4.78 is 37.8. The second-order valence-corrected chi connectivity index (χ2v) is 9.27. The number of hydrogen-bond acceptors (Lipinski definition) is 8. The molecule has 1 aromatic carbocycles. The number of primary amides is 1. The summed E-state index contributed by atoms with van der Waals surface area (Å²) in [6.45, 7) is -2.84. The predicted molar refractivity (Wildman–Crippen MR) is 133 cm³/mol. The van der Waals surface area contributed by atoms with E-state index in [1.807, 2.05) is 6.07 Å². The highest BCUT2D eigenvalue weighted by molar-refractivity contribution is 5.99. The molecule has 200 valence electrons. The van der Waals surface area contributed by atoms with Gasteiger partial charge in [0.15, 0.2) is 11.5 Å². The molecule has 11 nitrogen and oxygen atoms in total. The van der Waals surface area contributed by atoms with E-state index in [4.69, 9.17) is 15.2 Å². The maximum Gasteiger partial charge on any atom is 0.345 e. The van der Waals surface area contributed by atoms with Crippen LogP contribution in [0.5, 0.6) is 5.75 Å². The van der Waals surface area contributed by atoms with Crippen molar-refractivity contribution in [3.8, 4) is 16.9 Å². The van der Waals surface area contributed by atoms with E-state index in [1.54, 1.807) is 29.2 Å². The lowest BCUT2D eigenvalue weighted by molar-refractivity contribution is -0.169. The van der Waals surface area contributed by atoms with Crippen LogP contribution in [0.1, 0.15) is 48.6 Å². The first-order chi connectivity index (χ1) is 18.3. The van der Waals surface area contributed by atoms with E-state index in [1.165, 1.54) is 13.2 Å². The molecule has 0 saturated heterocycles. The Morgan fingerprint density at radius 1 is 1.16 bits per heavy atom. The highest BCUT2D eigenvalue weighted by Crippen LogP contribution is 2.40. The first-order valence-electron chi connectivity index (χ1n) is 12.2. The zero-order valence-electron chi connectivity index (χ0n) is 20.6. The van der Waals surface area contributed by atoms with Crippen LogP contribution in [0.4, 0.5) is 26.0 Å². The van der Waals surface area contributed by atoms with Crippen molar-refractivity contribution in [3.05, 3.63) is 42.4 Å². The third-order valence-electron chi connectivity index (χ3n) is 6.66. The standard InChI is InChI=1S/C25H27F2N7O4/c1-37-22-15(14-11-29-34(12-14)18-6-3-7-19(18)38-25(26)27)4-2-5-16(22)30-17-10-20(31-24(36)13-8-9-13)32-33-21(17)23(28)35/h2,4-5,10-13,18-19,25H,3,6-9H2,1H3,(H2,28,35)(H2,30,31,32,36)/t18?,19-/m1/s1. The summed E-state index contributed by atoms with van der Waals surface area (Å²) in [4.78, 5) is 24.2. The Morgan fingerprint density at radius 2 is 1.97 bits per heavy atom. The molecule has 2 aromatic heterocycles. The zero-order valence-corrected chi connectivity index (χ0v) is 20.6. The predicted octanol–water partition coefficient (Wildman–Crippen LogP) is 3.87. The minimum Gasteiger partial charge on any atom is -0.494 e. The number of alkyl halides is 2. The Morgan fingerprint density at radius 3 is 2.68 bits per heavy atom. The number of anilines is 3. The van der Waals surface area contributed by atoms with Crippen LogP contribution in [0.3, 0.4) is 0 Å². The van der Waals surface area contributed by atoms with Crippen LogP contribution in [0.15, 0.2) is 36.7 Å². The molecule has 0 bridgehead atoms. The van der Waals surface area contributed by atoms with Crippen LogP contribution in [0.2, 0.25) is 0 Å². The van der Waals surface area contributed by atoms with Crippen molar-refractivity contribution in [3.63, 3.8) is 0 Å². The van der Waals surface area contributed by atoms with E-state index < -0.39 is 18.6 Å². The summed E-state index contributed by atoms with van der Waals surface area (Å²) in [6.07, 6.45) is 6.43. The Labute approximate surface area is 216 Å². The number of nitrogens with one attached hydrogen (secondary N) is 2. The molecule has 2 aliphatic carbocycles. The van der Waals surface area contributed by atoms with Gasteiger partial charge in [-0.25, -0.2) is 0 Å². The fourth-order valence-electron chi connectivity index (χ4n) is 4.69. The van der Waals surface area contributed by atoms with E-state index in [2.05, 4.69) is 25.9 Å². The number of carbonyl (C=O) groups is 2. The Balaban J connectivity index is 1.43. The number of aromatic nitrogens is 4. The number of halogens is 2. The number of carbonyl (C=O) groups excluding carboxylic acids is 2. The van der Waals surface area contributed by atoms with Gasteiger partial charge < -0.3 is 25.8 Å². The average molecular weight is 528 g/mol. The van der Waals surface area contributed by atoms with E-state index in [0.29, 0.717) is 35.4 Å². The number of amides is 2. The molecule has 5 rings (SSSR count). The first kappa shape index (κ1) is 25.5. The Bertz CT molecular complexity index is 1340. The topological polar surface area (TPSA) is 146 Å². The average Bonchev–Trinajstić information content (AvgIpc) is 3.46. The third-order valence-corrected chi connectivity index (χ3v) is 6.66. The summed E-state index contributed by atoms with van der Waals surface area (Å²) in [5, 5.41) is 18.0. The minimum absolute atomic E-state index is 0.0387. The number of nitrogens with zero attached hydrogens (tertiary/aromatic N) is 4. The molecule has 2 atom stereocenters. The van der Waals surface area contributed by atoms with Crippen LogP contribution in [-0.2, 0) is 9.53 Å². The van der Waals surface area contributed by atoms with Crippen LogP contribution in [0.25, 0.3) is 11.1 Å². The van der Waals surface area contributed by atoms with Gasteiger partial charge in [0.25, 0.3) is 5.91 Å². The fraction of sp³-hybridized carbons (Fsp3) is 0.400. The lowest BCUT2D eigenvalue weighted by atomic mass is 10.1.